The van der Waals surface area contributed by atoms with Crippen molar-refractivity contribution >= 4 is 9.28 Å². The number of hydrogen-bond acceptors (Lipinski definition) is 4. The maximum absolute atomic E-state index is 5.06. The standard InChI is InChI=1S/C5H14O2Si.C2H8N2/c1-4-5-8(6-2)7-3;3-1-2-4/h8H,4-5H2,1-3H3;1-4H2. The first-order valence-electron chi connectivity index (χ1n) is 4.22. The van der Waals surface area contributed by atoms with Crippen molar-refractivity contribution in [2.45, 2.75) is 19.4 Å². The van der Waals surface area contributed by atoms with Gasteiger partial charge >= 0.3 is 9.28 Å². The first-order chi connectivity index (χ1) is 5.76. The normalized spacial score (nSPS) is 9.50. The van der Waals surface area contributed by atoms with Crippen LogP contribution in [0.5, 0.6) is 0 Å². The molecule has 0 unspecified atom stereocenters. The van der Waals surface area contributed by atoms with Gasteiger partial charge in [0.1, 0.15) is 0 Å². The van der Waals surface area contributed by atoms with Gasteiger partial charge in [-0.1, -0.05) is 13.3 Å². The molecule has 0 aromatic carbocycles. The summed E-state index contributed by atoms with van der Waals surface area (Å²) in [5.74, 6) is 0. The van der Waals surface area contributed by atoms with Gasteiger partial charge in [-0.3, -0.25) is 0 Å². The molecule has 0 aromatic heterocycles. The third kappa shape index (κ3) is 12.7. The van der Waals surface area contributed by atoms with Crippen molar-refractivity contribution in [3.8, 4) is 0 Å². The lowest BCUT2D eigenvalue weighted by atomic mass is 10.6. The lowest BCUT2D eigenvalue weighted by Crippen LogP contribution is -2.17. The molecule has 0 spiro atoms. The average molecular weight is 194 g/mol. The predicted octanol–water partition coefficient (Wildman–Crippen LogP) is -0.186. The SMILES string of the molecule is CCC[SiH](OC)OC.NCCN. The van der Waals surface area contributed by atoms with Gasteiger partial charge < -0.3 is 20.3 Å². The molecule has 12 heavy (non-hydrogen) atoms. The summed E-state index contributed by atoms with van der Waals surface area (Å²) < 4.78 is 10.1. The van der Waals surface area contributed by atoms with Crippen molar-refractivity contribution in [1.29, 1.82) is 0 Å². The zero-order valence-corrected chi connectivity index (χ0v) is 9.53. The third-order valence-electron chi connectivity index (χ3n) is 1.22. The predicted molar refractivity (Wildman–Crippen MR) is 54.4 cm³/mol. The highest BCUT2D eigenvalue weighted by atomic mass is 28.3. The molecule has 4 N–H and O–H groups in total. The molecule has 0 atom stereocenters. The summed E-state index contributed by atoms with van der Waals surface area (Å²) in [7, 11) is 2.24. The van der Waals surface area contributed by atoms with E-state index < -0.39 is 9.28 Å². The van der Waals surface area contributed by atoms with Crippen molar-refractivity contribution < 1.29 is 8.85 Å². The summed E-state index contributed by atoms with van der Waals surface area (Å²) in [6, 6.07) is 1.12. The molecule has 0 saturated carbocycles. The third-order valence-corrected chi connectivity index (χ3v) is 3.32. The van der Waals surface area contributed by atoms with Crippen molar-refractivity contribution in [2.24, 2.45) is 11.5 Å². The Balaban J connectivity index is 0. The molecule has 76 valence electrons. The van der Waals surface area contributed by atoms with Gasteiger partial charge in [0.15, 0.2) is 0 Å². The molecule has 0 heterocycles. The van der Waals surface area contributed by atoms with Crippen LogP contribution in [0, 0.1) is 0 Å². The van der Waals surface area contributed by atoms with Gasteiger partial charge in [-0.15, -0.1) is 0 Å². The minimum Gasteiger partial charge on any atom is -0.400 e. The van der Waals surface area contributed by atoms with E-state index in [-0.39, 0.29) is 0 Å². The topological polar surface area (TPSA) is 70.5 Å². The number of rotatable bonds is 5. The van der Waals surface area contributed by atoms with Crippen LogP contribution in [0.4, 0.5) is 0 Å². The van der Waals surface area contributed by atoms with Crippen molar-refractivity contribution in [3.05, 3.63) is 0 Å². The summed E-state index contributed by atoms with van der Waals surface area (Å²) in [5.41, 5.74) is 9.81. The average Bonchev–Trinajstić information content (AvgIpc) is 2.14. The largest absolute Gasteiger partial charge is 0.400 e. The van der Waals surface area contributed by atoms with Crippen LogP contribution in [0.25, 0.3) is 0 Å². The minimum atomic E-state index is -1.19. The Kier molecular flexibility index (Phi) is 16.6. The van der Waals surface area contributed by atoms with Gasteiger partial charge in [0.25, 0.3) is 0 Å². The molecule has 0 fully saturated rings. The van der Waals surface area contributed by atoms with Gasteiger partial charge in [0.05, 0.1) is 0 Å². The second-order valence-electron chi connectivity index (χ2n) is 2.27. The van der Waals surface area contributed by atoms with Crippen LogP contribution in [0.1, 0.15) is 13.3 Å². The molecule has 0 radical (unpaired) electrons. The number of hydrogen-bond donors (Lipinski definition) is 2. The first-order valence-corrected chi connectivity index (χ1v) is 5.98. The fourth-order valence-electron chi connectivity index (χ4n) is 0.568. The van der Waals surface area contributed by atoms with Gasteiger partial charge in [-0.25, -0.2) is 0 Å². The molecular formula is C7H22N2O2Si. The zero-order valence-electron chi connectivity index (χ0n) is 8.38. The Labute approximate surface area is 77.1 Å². The van der Waals surface area contributed by atoms with Crippen LogP contribution in [-0.4, -0.2) is 36.6 Å². The van der Waals surface area contributed by atoms with Crippen LogP contribution in [0.15, 0.2) is 0 Å². The monoisotopic (exact) mass is 194 g/mol. The highest BCUT2D eigenvalue weighted by molar-refractivity contribution is 6.44. The first kappa shape index (κ1) is 14.6. The lowest BCUT2D eigenvalue weighted by Gasteiger charge is -2.07. The second-order valence-corrected chi connectivity index (χ2v) is 4.65. The molecule has 0 bridgehead atoms. The van der Waals surface area contributed by atoms with Gasteiger partial charge in [-0.05, 0) is 6.04 Å². The van der Waals surface area contributed by atoms with Gasteiger partial charge in [0, 0.05) is 27.3 Å². The zero-order chi connectivity index (χ0) is 9.82. The van der Waals surface area contributed by atoms with E-state index in [4.69, 9.17) is 20.3 Å². The highest BCUT2D eigenvalue weighted by Gasteiger charge is 2.05. The van der Waals surface area contributed by atoms with Crippen molar-refractivity contribution in [2.75, 3.05) is 27.3 Å². The maximum Gasteiger partial charge on any atom is 0.320 e. The van der Waals surface area contributed by atoms with Crippen LogP contribution in [0.3, 0.4) is 0 Å². The quantitative estimate of drug-likeness (QED) is 0.595. The highest BCUT2D eigenvalue weighted by Crippen LogP contribution is 1.96. The molecule has 0 amide bonds. The van der Waals surface area contributed by atoms with E-state index >= 15 is 0 Å². The van der Waals surface area contributed by atoms with E-state index in [1.165, 1.54) is 6.42 Å². The van der Waals surface area contributed by atoms with E-state index in [0.717, 1.165) is 6.04 Å². The van der Waals surface area contributed by atoms with Gasteiger partial charge in [-0.2, -0.15) is 0 Å². The Bertz CT molecular complexity index is 70.4. The van der Waals surface area contributed by atoms with E-state index in [9.17, 15) is 0 Å². The van der Waals surface area contributed by atoms with Crippen LogP contribution in [0.2, 0.25) is 6.04 Å². The fourth-order valence-corrected chi connectivity index (χ4v) is 1.70. The van der Waals surface area contributed by atoms with E-state index in [1.807, 2.05) is 0 Å². The molecule has 0 aliphatic carbocycles. The Morgan fingerprint density at radius 1 is 1.08 bits per heavy atom. The summed E-state index contributed by atoms with van der Waals surface area (Å²) in [6.45, 7) is 3.33. The molecular weight excluding hydrogens is 172 g/mol. The summed E-state index contributed by atoms with van der Waals surface area (Å²) in [5, 5.41) is 0. The molecule has 5 heteroatoms. The molecule has 0 rings (SSSR count). The second kappa shape index (κ2) is 13.6. The summed E-state index contributed by atoms with van der Waals surface area (Å²) in [4.78, 5) is 0. The smallest absolute Gasteiger partial charge is 0.320 e. The lowest BCUT2D eigenvalue weighted by molar-refractivity contribution is 0.277. The molecule has 4 nitrogen and oxygen atoms in total. The Hall–Kier alpha value is 0.0569. The van der Waals surface area contributed by atoms with Crippen molar-refractivity contribution in [1.82, 2.24) is 0 Å². The Morgan fingerprint density at radius 3 is 1.58 bits per heavy atom. The molecule has 0 aliphatic heterocycles. The maximum atomic E-state index is 5.06. The summed E-state index contributed by atoms with van der Waals surface area (Å²) >= 11 is 0. The minimum absolute atomic E-state index is 0.597. The van der Waals surface area contributed by atoms with Crippen LogP contribution < -0.4 is 11.5 Å². The van der Waals surface area contributed by atoms with E-state index in [0.29, 0.717) is 13.1 Å². The molecule has 0 aliphatic rings. The fraction of sp³-hybridized carbons (Fsp3) is 1.00. The molecule has 0 aromatic rings. The van der Waals surface area contributed by atoms with Crippen LogP contribution in [-0.2, 0) is 8.85 Å². The van der Waals surface area contributed by atoms with Gasteiger partial charge in [0.2, 0.25) is 0 Å². The van der Waals surface area contributed by atoms with E-state index in [2.05, 4.69) is 6.92 Å². The molecule has 0 saturated heterocycles. The Morgan fingerprint density at radius 2 is 1.50 bits per heavy atom. The van der Waals surface area contributed by atoms with Crippen molar-refractivity contribution in [3.63, 3.8) is 0 Å². The number of nitrogens with two attached hydrogens (primary N) is 2. The van der Waals surface area contributed by atoms with E-state index in [1.54, 1.807) is 14.2 Å². The summed E-state index contributed by atoms with van der Waals surface area (Å²) in [6.07, 6.45) is 1.17. The van der Waals surface area contributed by atoms with Crippen LogP contribution >= 0.6 is 0 Å².